The summed E-state index contributed by atoms with van der Waals surface area (Å²) in [6.45, 7) is 14.5. The minimum Gasteiger partial charge on any atom is -0.444 e. The molecule has 16 nitrogen and oxygen atoms in total. The van der Waals surface area contributed by atoms with Crippen LogP contribution in [0.5, 0.6) is 0 Å². The SMILES string of the molecule is CC(C)(C)OC(=O)N1CCCC1c1cc2ccc(-c3ccc4cc(-c5cnc([C@@H]6CCCN6C(=O)OC(C)(C)C)[nH]5)ccc4c3)cc2c(=O)[nH]1.O=c1[nH]c(C2CCCN2)cc2ccc(-c3ccc4cc(-c5cnc([C@@H]6CCCN6)[nH]5)ccc4c3)cc12.S.S. The van der Waals surface area contributed by atoms with Crippen LogP contribution in [0.4, 0.5) is 9.59 Å². The van der Waals surface area contributed by atoms with Crippen molar-refractivity contribution in [1.29, 1.82) is 0 Å². The molecule has 456 valence electrons. The van der Waals surface area contributed by atoms with Crippen molar-refractivity contribution in [3.8, 4) is 44.8 Å². The molecule has 0 aliphatic carbocycles. The zero-order chi connectivity index (χ0) is 59.4. The van der Waals surface area contributed by atoms with Gasteiger partial charge in [0, 0.05) is 52.4 Å². The molecule has 88 heavy (non-hydrogen) atoms. The number of carbonyl (C=O) groups excluding carboxylic acids is 2. The first kappa shape index (κ1) is 61.5. The third-order valence-electron chi connectivity index (χ3n) is 17.2. The van der Waals surface area contributed by atoms with Gasteiger partial charge in [-0.2, -0.15) is 27.0 Å². The first-order valence-corrected chi connectivity index (χ1v) is 30.4. The van der Waals surface area contributed by atoms with E-state index in [1.165, 1.54) is 17.2 Å². The molecule has 4 aliphatic rings. The first-order chi connectivity index (χ1) is 41.4. The van der Waals surface area contributed by atoms with Gasteiger partial charge in [0.2, 0.25) is 0 Å². The summed E-state index contributed by atoms with van der Waals surface area (Å²) < 4.78 is 11.3. The number of imidazole rings is 2. The number of aromatic nitrogens is 6. The maximum Gasteiger partial charge on any atom is 0.410 e. The summed E-state index contributed by atoms with van der Waals surface area (Å²) in [4.78, 5) is 78.0. The number of ether oxygens (including phenoxy) is 2. The zero-order valence-corrected chi connectivity index (χ0v) is 52.7. The fraction of sp³-hybridized carbons (Fsp3) is 0.343. The number of H-pyrrole nitrogens is 4. The minimum atomic E-state index is -0.588. The highest BCUT2D eigenvalue weighted by atomic mass is 32.1. The van der Waals surface area contributed by atoms with E-state index in [9.17, 15) is 19.2 Å². The fourth-order valence-electron chi connectivity index (χ4n) is 12.9. The molecule has 2 unspecified atom stereocenters. The molecule has 6 N–H and O–H groups in total. The van der Waals surface area contributed by atoms with E-state index in [4.69, 9.17) is 9.47 Å². The number of nitrogens with one attached hydrogen (secondary N) is 6. The number of hydrogen-bond donors (Lipinski definition) is 6. The monoisotopic (exact) mass is 1220 g/mol. The molecule has 0 bridgehead atoms. The predicted octanol–water partition coefficient (Wildman–Crippen LogP) is 14.7. The second-order valence-electron chi connectivity index (χ2n) is 25.6. The largest absolute Gasteiger partial charge is 0.444 e. The van der Waals surface area contributed by atoms with Crippen LogP contribution in [0.3, 0.4) is 0 Å². The van der Waals surface area contributed by atoms with Crippen molar-refractivity contribution in [2.45, 2.75) is 128 Å². The lowest BCUT2D eigenvalue weighted by Crippen LogP contribution is -2.37. The fourth-order valence-corrected chi connectivity index (χ4v) is 12.9. The van der Waals surface area contributed by atoms with Crippen molar-refractivity contribution >= 4 is 82.3 Å². The van der Waals surface area contributed by atoms with Gasteiger partial charge in [-0.15, -0.1) is 0 Å². The Kier molecular flexibility index (Phi) is 17.6. The van der Waals surface area contributed by atoms with Crippen LogP contribution in [-0.2, 0) is 9.47 Å². The van der Waals surface area contributed by atoms with Crippen LogP contribution < -0.4 is 21.8 Å². The Morgan fingerprint density at radius 2 is 0.841 bits per heavy atom. The lowest BCUT2D eigenvalue weighted by molar-refractivity contribution is 0.0209. The van der Waals surface area contributed by atoms with Crippen molar-refractivity contribution in [3.63, 3.8) is 0 Å². The summed E-state index contributed by atoms with van der Waals surface area (Å²) in [6.07, 6.45) is 11.0. The van der Waals surface area contributed by atoms with Gasteiger partial charge in [-0.1, -0.05) is 72.8 Å². The van der Waals surface area contributed by atoms with Gasteiger partial charge in [0.05, 0.1) is 41.9 Å². The topological polar surface area (TPSA) is 206 Å². The zero-order valence-electron chi connectivity index (χ0n) is 50.7. The molecule has 6 aromatic carbocycles. The number of carbonyl (C=O) groups is 2. The van der Waals surface area contributed by atoms with E-state index in [0.717, 1.165) is 153 Å². The number of benzene rings is 6. The molecule has 10 aromatic rings. The third kappa shape index (κ3) is 13.0. The molecule has 4 atom stereocenters. The number of nitrogens with zero attached hydrogens (tertiary/aromatic N) is 4. The van der Waals surface area contributed by atoms with E-state index >= 15 is 0 Å². The van der Waals surface area contributed by atoms with Crippen molar-refractivity contribution in [2.75, 3.05) is 26.2 Å². The summed E-state index contributed by atoms with van der Waals surface area (Å²) in [5.41, 5.74) is 8.58. The molecule has 8 heterocycles. The number of rotatable bonds is 8. The molecular formula is C70H78N10O6S2. The average Bonchev–Trinajstić information content (AvgIpc) is 1.62. The maximum atomic E-state index is 13.4. The van der Waals surface area contributed by atoms with E-state index in [2.05, 4.69) is 132 Å². The number of aromatic amines is 4. The highest BCUT2D eigenvalue weighted by Gasteiger charge is 2.36. The van der Waals surface area contributed by atoms with E-state index in [0.29, 0.717) is 24.5 Å². The van der Waals surface area contributed by atoms with Gasteiger partial charge >= 0.3 is 12.2 Å². The van der Waals surface area contributed by atoms with E-state index in [1.54, 1.807) is 9.80 Å². The second-order valence-corrected chi connectivity index (χ2v) is 25.6. The van der Waals surface area contributed by atoms with Crippen molar-refractivity contribution < 1.29 is 19.1 Å². The van der Waals surface area contributed by atoms with Crippen molar-refractivity contribution in [2.24, 2.45) is 0 Å². The third-order valence-corrected chi connectivity index (χ3v) is 17.2. The van der Waals surface area contributed by atoms with Gasteiger partial charge in [-0.3, -0.25) is 19.4 Å². The smallest absolute Gasteiger partial charge is 0.410 e. The molecule has 4 aliphatic heterocycles. The molecule has 2 amide bonds. The number of amides is 2. The normalized spacial score (nSPS) is 18.6. The number of likely N-dealkylation sites (tertiary alicyclic amines) is 2. The van der Waals surface area contributed by atoms with Crippen LogP contribution in [0.2, 0.25) is 0 Å². The number of fused-ring (bicyclic) bond motifs is 4. The molecule has 14 rings (SSSR count). The van der Waals surface area contributed by atoms with Crippen LogP contribution in [0, 0.1) is 0 Å². The lowest BCUT2D eigenvalue weighted by atomic mass is 9.97. The molecule has 4 fully saturated rings. The number of pyridine rings is 2. The first-order valence-electron chi connectivity index (χ1n) is 30.4. The average molecular weight is 1220 g/mol. The van der Waals surface area contributed by atoms with Crippen molar-refractivity contribution in [1.82, 2.24) is 50.3 Å². The molecule has 0 radical (unpaired) electrons. The van der Waals surface area contributed by atoms with Crippen LogP contribution in [-0.4, -0.2) is 89.3 Å². The lowest BCUT2D eigenvalue weighted by Gasteiger charge is -2.28. The molecule has 18 heteroatoms. The molecule has 4 aromatic heterocycles. The summed E-state index contributed by atoms with van der Waals surface area (Å²) in [6, 6.07) is 42.1. The Bertz CT molecular complexity index is 4350. The van der Waals surface area contributed by atoms with Gasteiger partial charge in [0.15, 0.2) is 0 Å². The maximum absolute atomic E-state index is 13.4. The summed E-state index contributed by atoms with van der Waals surface area (Å²) in [7, 11) is 0. The van der Waals surface area contributed by atoms with Crippen LogP contribution in [0.1, 0.15) is 140 Å². The Hall–Kier alpha value is -8.16. The standard InChI is InChI=1S/C40H45N5O5.C30H29N5O.2H2S/c1-39(2,3)49-37(47)44-17-7-9-33(44)31-22-28-15-13-27(21-30(28)36(46)43-31)25-11-12-26-20-29(16-14-24(26)19-25)32-23-41-35(42-32)34-10-8-18-45(34)38(48)50-40(4,5)6;36-30-24-15-21(7-9-22(24)16-27(35-30)25-3-1-11-31-25)19-5-6-20-14-23(10-8-18(20)13-19)28-17-33-29(34-28)26-4-2-12-32-26;;/h11-16,19-23,33-34H,7-10,17-18H2,1-6H3,(H,41,42)(H,43,46);5-10,13-17,25-26,31-32H,1-4,11-12H2,(H,33,34)(H,35,36);2*1H2/t33?,34-;25?,26-;;/m00../s1. The van der Waals surface area contributed by atoms with Crippen LogP contribution >= 0.6 is 27.0 Å². The van der Waals surface area contributed by atoms with Gasteiger partial charge in [0.25, 0.3) is 11.1 Å². The van der Waals surface area contributed by atoms with Crippen molar-refractivity contribution in [3.05, 3.63) is 177 Å². The van der Waals surface area contributed by atoms with E-state index < -0.39 is 11.2 Å². The molecule has 0 spiro atoms. The van der Waals surface area contributed by atoms with Gasteiger partial charge in [-0.25, -0.2) is 19.6 Å². The summed E-state index contributed by atoms with van der Waals surface area (Å²) in [5, 5.41) is 14.6. The molecule has 0 saturated carbocycles. The van der Waals surface area contributed by atoms with Crippen LogP contribution in [0.25, 0.3) is 87.9 Å². The molecule has 4 saturated heterocycles. The van der Waals surface area contributed by atoms with E-state index in [-0.39, 0.29) is 68.4 Å². The Morgan fingerprint density at radius 1 is 0.443 bits per heavy atom. The van der Waals surface area contributed by atoms with E-state index in [1.807, 2.05) is 84.3 Å². The Balaban J connectivity index is 0.000000186. The summed E-state index contributed by atoms with van der Waals surface area (Å²) in [5.74, 6) is 1.79. The highest BCUT2D eigenvalue weighted by molar-refractivity contribution is 7.59. The molecular weight excluding hydrogens is 1140 g/mol. The van der Waals surface area contributed by atoms with Gasteiger partial charge < -0.3 is 40.0 Å². The summed E-state index contributed by atoms with van der Waals surface area (Å²) >= 11 is 0. The second kappa shape index (κ2) is 25.1. The minimum absolute atomic E-state index is 0. The number of hydrogen-bond acceptors (Lipinski definition) is 10. The Labute approximate surface area is 525 Å². The van der Waals surface area contributed by atoms with Gasteiger partial charge in [-0.05, 0) is 209 Å². The highest BCUT2D eigenvalue weighted by Crippen LogP contribution is 2.37. The van der Waals surface area contributed by atoms with Crippen LogP contribution in [0.15, 0.2) is 143 Å². The quantitative estimate of drug-likeness (QED) is 0.0849. The van der Waals surface area contributed by atoms with Gasteiger partial charge in [0.1, 0.15) is 22.9 Å². The predicted molar refractivity (Wildman–Crippen MR) is 361 cm³/mol. The Morgan fingerprint density at radius 3 is 1.33 bits per heavy atom.